The normalized spacial score (nSPS) is 10.8. The summed E-state index contributed by atoms with van der Waals surface area (Å²) in [6, 6.07) is 7.52. The molecule has 0 aliphatic heterocycles. The van der Waals surface area contributed by atoms with Crippen LogP contribution in [0.1, 0.15) is 5.69 Å². The van der Waals surface area contributed by atoms with Crippen molar-refractivity contribution in [2.24, 2.45) is 0 Å². The molecule has 4 N–H and O–H groups in total. The number of nitrogens with zero attached hydrogens (tertiary/aromatic N) is 2. The average molecular weight is 274 g/mol. The van der Waals surface area contributed by atoms with Gasteiger partial charge in [-0.1, -0.05) is 23.7 Å². The lowest BCUT2D eigenvalue weighted by Crippen LogP contribution is -1.89. The minimum Gasteiger partial charge on any atom is -0.382 e. The molecule has 2 aromatic heterocycles. The second-order valence-corrected chi connectivity index (χ2v) is 4.71. The van der Waals surface area contributed by atoms with Crippen molar-refractivity contribution < 1.29 is 0 Å². The van der Waals surface area contributed by atoms with Crippen molar-refractivity contribution >= 4 is 17.4 Å². The van der Waals surface area contributed by atoms with Crippen molar-refractivity contribution in [3.63, 3.8) is 0 Å². The van der Waals surface area contributed by atoms with Gasteiger partial charge in [-0.15, -0.1) is 0 Å². The van der Waals surface area contributed by atoms with Crippen LogP contribution in [0.15, 0.2) is 30.5 Å². The van der Waals surface area contributed by atoms with E-state index in [4.69, 9.17) is 17.3 Å². The fraction of sp³-hybridized carbons (Fsp3) is 0.0769. The number of hydrogen-bond donors (Lipinski definition) is 3. The molecule has 0 saturated carbocycles. The highest BCUT2D eigenvalue weighted by Crippen LogP contribution is 2.36. The van der Waals surface area contributed by atoms with Crippen LogP contribution in [0.2, 0.25) is 5.02 Å². The first-order chi connectivity index (χ1) is 9.16. The number of benzene rings is 1. The Kier molecular flexibility index (Phi) is 2.76. The van der Waals surface area contributed by atoms with Gasteiger partial charge < -0.3 is 5.73 Å². The van der Waals surface area contributed by atoms with Gasteiger partial charge in [-0.05, 0) is 24.6 Å². The van der Waals surface area contributed by atoms with Crippen LogP contribution >= 0.6 is 11.6 Å². The van der Waals surface area contributed by atoms with Gasteiger partial charge in [0.15, 0.2) is 5.82 Å². The smallest absolute Gasteiger partial charge is 0.153 e. The van der Waals surface area contributed by atoms with Crippen LogP contribution in [0.3, 0.4) is 0 Å². The number of hydrogen-bond acceptors (Lipinski definition) is 3. The first kappa shape index (κ1) is 11.8. The van der Waals surface area contributed by atoms with Crippen molar-refractivity contribution in [3.05, 3.63) is 41.2 Å². The Morgan fingerprint density at radius 1 is 1.26 bits per heavy atom. The zero-order valence-corrected chi connectivity index (χ0v) is 11.0. The summed E-state index contributed by atoms with van der Waals surface area (Å²) in [5, 5.41) is 14.6. The number of aryl methyl sites for hydroxylation is 1. The van der Waals surface area contributed by atoms with Gasteiger partial charge in [0, 0.05) is 16.3 Å². The van der Waals surface area contributed by atoms with E-state index in [-0.39, 0.29) is 0 Å². The number of anilines is 1. The number of nitrogen functional groups attached to an aromatic ring is 1. The summed E-state index contributed by atoms with van der Waals surface area (Å²) in [5.41, 5.74) is 10.5. The molecule has 96 valence electrons. The lowest BCUT2D eigenvalue weighted by molar-refractivity contribution is 1.05. The molecular weight excluding hydrogens is 262 g/mol. The number of nitrogens with one attached hydrogen (secondary N) is 2. The van der Waals surface area contributed by atoms with E-state index in [2.05, 4.69) is 20.4 Å². The molecule has 6 heteroatoms. The number of nitrogens with two attached hydrogens (primary N) is 1. The Balaban J connectivity index is 2.22. The van der Waals surface area contributed by atoms with Gasteiger partial charge in [-0.25, -0.2) is 0 Å². The topological polar surface area (TPSA) is 83.4 Å². The van der Waals surface area contributed by atoms with Crippen molar-refractivity contribution in [2.45, 2.75) is 6.92 Å². The third-order valence-electron chi connectivity index (χ3n) is 3.01. The van der Waals surface area contributed by atoms with Gasteiger partial charge >= 0.3 is 0 Å². The second-order valence-electron chi connectivity index (χ2n) is 4.28. The van der Waals surface area contributed by atoms with Crippen LogP contribution in [0.4, 0.5) is 5.82 Å². The summed E-state index contributed by atoms with van der Waals surface area (Å²) in [7, 11) is 0. The number of halogens is 1. The molecule has 0 spiro atoms. The van der Waals surface area contributed by atoms with E-state index >= 15 is 0 Å². The highest BCUT2D eigenvalue weighted by molar-refractivity contribution is 6.30. The van der Waals surface area contributed by atoms with Crippen LogP contribution in [-0.2, 0) is 0 Å². The molecule has 0 radical (unpaired) electrons. The Labute approximate surface area is 114 Å². The molecule has 3 rings (SSSR count). The summed E-state index contributed by atoms with van der Waals surface area (Å²) < 4.78 is 0. The highest BCUT2D eigenvalue weighted by atomic mass is 35.5. The monoisotopic (exact) mass is 273 g/mol. The van der Waals surface area contributed by atoms with E-state index < -0.39 is 0 Å². The maximum absolute atomic E-state index is 6.03. The van der Waals surface area contributed by atoms with Crippen molar-refractivity contribution in [1.82, 2.24) is 20.4 Å². The predicted octanol–water partition coefficient (Wildman–Crippen LogP) is 3.01. The summed E-state index contributed by atoms with van der Waals surface area (Å²) in [5.74, 6) is 0.442. The lowest BCUT2D eigenvalue weighted by atomic mass is 10.0. The SMILES string of the molecule is Cc1[nH]ncc1-c1[nH]nc(N)c1-c1cccc(Cl)c1. The van der Waals surface area contributed by atoms with Crippen LogP contribution in [0, 0.1) is 6.92 Å². The van der Waals surface area contributed by atoms with E-state index in [1.807, 2.05) is 31.2 Å². The zero-order valence-electron chi connectivity index (χ0n) is 10.2. The van der Waals surface area contributed by atoms with E-state index in [0.717, 1.165) is 28.1 Å². The van der Waals surface area contributed by atoms with E-state index in [9.17, 15) is 0 Å². The fourth-order valence-corrected chi connectivity index (χ4v) is 2.28. The molecule has 0 bridgehead atoms. The van der Waals surface area contributed by atoms with Gasteiger partial charge in [0.1, 0.15) is 0 Å². The maximum Gasteiger partial charge on any atom is 0.153 e. The molecule has 0 fully saturated rings. The quantitative estimate of drug-likeness (QED) is 0.671. The third kappa shape index (κ3) is 1.98. The first-order valence-electron chi connectivity index (χ1n) is 5.77. The minimum absolute atomic E-state index is 0.442. The summed E-state index contributed by atoms with van der Waals surface area (Å²) in [6.45, 7) is 1.95. The molecule has 1 aromatic carbocycles. The van der Waals surface area contributed by atoms with Gasteiger partial charge in [0.2, 0.25) is 0 Å². The minimum atomic E-state index is 0.442. The number of rotatable bonds is 2. The molecule has 3 aromatic rings. The summed E-state index contributed by atoms with van der Waals surface area (Å²) in [4.78, 5) is 0. The highest BCUT2D eigenvalue weighted by Gasteiger charge is 2.17. The van der Waals surface area contributed by atoms with E-state index in [1.54, 1.807) is 6.20 Å². The maximum atomic E-state index is 6.03. The Bertz CT molecular complexity index is 728. The van der Waals surface area contributed by atoms with Gasteiger partial charge in [0.25, 0.3) is 0 Å². The number of aromatic nitrogens is 4. The molecule has 19 heavy (non-hydrogen) atoms. The molecular formula is C13H12ClN5. The molecule has 0 aliphatic carbocycles. The van der Waals surface area contributed by atoms with Crippen LogP contribution in [0.5, 0.6) is 0 Å². The average Bonchev–Trinajstić information content (AvgIpc) is 2.95. The van der Waals surface area contributed by atoms with Crippen LogP contribution < -0.4 is 5.73 Å². The predicted molar refractivity (Wildman–Crippen MR) is 75.8 cm³/mol. The lowest BCUT2D eigenvalue weighted by Gasteiger charge is -2.04. The summed E-state index contributed by atoms with van der Waals surface area (Å²) >= 11 is 6.03. The molecule has 5 nitrogen and oxygen atoms in total. The molecule has 2 heterocycles. The molecule has 0 atom stereocenters. The van der Waals surface area contributed by atoms with Gasteiger partial charge in [-0.3, -0.25) is 10.2 Å². The fourth-order valence-electron chi connectivity index (χ4n) is 2.09. The van der Waals surface area contributed by atoms with Crippen LogP contribution in [-0.4, -0.2) is 20.4 Å². The molecule has 0 unspecified atom stereocenters. The van der Waals surface area contributed by atoms with Gasteiger partial charge in [0.05, 0.1) is 17.5 Å². The van der Waals surface area contributed by atoms with E-state index in [0.29, 0.717) is 10.8 Å². The summed E-state index contributed by atoms with van der Waals surface area (Å²) in [6.07, 6.45) is 1.75. The molecule has 0 saturated heterocycles. The third-order valence-corrected chi connectivity index (χ3v) is 3.24. The van der Waals surface area contributed by atoms with Crippen LogP contribution in [0.25, 0.3) is 22.4 Å². The largest absolute Gasteiger partial charge is 0.382 e. The van der Waals surface area contributed by atoms with Crippen molar-refractivity contribution in [1.29, 1.82) is 0 Å². The Morgan fingerprint density at radius 2 is 2.11 bits per heavy atom. The second kappa shape index (κ2) is 4.44. The van der Waals surface area contributed by atoms with Gasteiger partial charge in [-0.2, -0.15) is 10.2 Å². The van der Waals surface area contributed by atoms with E-state index in [1.165, 1.54) is 0 Å². The number of aromatic amines is 2. The van der Waals surface area contributed by atoms with Crippen molar-refractivity contribution in [2.75, 3.05) is 5.73 Å². The first-order valence-corrected chi connectivity index (χ1v) is 6.14. The number of H-pyrrole nitrogens is 2. The zero-order chi connectivity index (χ0) is 13.4. The standard InChI is InChI=1S/C13H12ClN5/c1-7-10(6-16-17-7)12-11(13(15)19-18-12)8-3-2-4-9(14)5-8/h2-6H,1H3,(H,16,17)(H3,15,18,19). The molecule has 0 aliphatic rings. The molecule has 0 amide bonds. The Hall–Kier alpha value is -2.27. The van der Waals surface area contributed by atoms with Crippen molar-refractivity contribution in [3.8, 4) is 22.4 Å². The Morgan fingerprint density at radius 3 is 2.79 bits per heavy atom.